The number of aromatic nitrogens is 1. The minimum atomic E-state index is -0.399. The van der Waals surface area contributed by atoms with Crippen molar-refractivity contribution in [1.29, 1.82) is 0 Å². The number of furan rings is 1. The Labute approximate surface area is 234 Å². The van der Waals surface area contributed by atoms with E-state index in [-0.39, 0.29) is 5.41 Å². The van der Waals surface area contributed by atoms with Crippen LogP contribution in [-0.4, -0.2) is 0 Å². The van der Waals surface area contributed by atoms with E-state index in [0.717, 1.165) is 54.7 Å². The Morgan fingerprint density at radius 2 is 1.38 bits per heavy atom. The van der Waals surface area contributed by atoms with E-state index in [4.69, 9.17) is 4.42 Å². The van der Waals surface area contributed by atoms with E-state index in [1.54, 1.807) is 6.07 Å². The molecule has 0 bridgehead atoms. The van der Waals surface area contributed by atoms with Crippen LogP contribution in [0.3, 0.4) is 0 Å². The van der Waals surface area contributed by atoms with Crippen molar-refractivity contribution in [2.45, 2.75) is 33.1 Å². The summed E-state index contributed by atoms with van der Waals surface area (Å²) in [5.74, 6) is -0.399. The molecule has 196 valence electrons. The molecule has 0 unspecified atom stereocenters. The van der Waals surface area contributed by atoms with Gasteiger partial charge in [0.1, 0.15) is 24.0 Å². The molecule has 0 saturated heterocycles. The fraction of sp³-hybridized carbons (Fsp3) is 0.162. The highest BCUT2D eigenvalue weighted by molar-refractivity contribution is 6.18. The predicted octanol–water partition coefficient (Wildman–Crippen LogP) is 9.80. The SMILES string of the molecule is [2H]c1c(-c2c(F)ccc3c2oc2c(-c4ccc(C(C)(C)C)c[n+]4C)c(C)ccc23)c2ccccc2c2ccccc12. The highest BCUT2D eigenvalue weighted by Crippen LogP contribution is 2.44. The molecule has 0 N–H and O–H groups in total. The van der Waals surface area contributed by atoms with Gasteiger partial charge in [-0.05, 0) is 69.3 Å². The molecule has 0 aliphatic heterocycles. The number of hydrogen-bond acceptors (Lipinski definition) is 1. The number of halogens is 1. The Balaban J connectivity index is 1.58. The molecule has 0 saturated carbocycles. The maximum absolute atomic E-state index is 16.0. The topological polar surface area (TPSA) is 17.0 Å². The molecule has 0 amide bonds. The summed E-state index contributed by atoms with van der Waals surface area (Å²) in [5.41, 5.74) is 6.45. The van der Waals surface area contributed by atoms with Crippen LogP contribution < -0.4 is 4.57 Å². The zero-order chi connectivity index (χ0) is 28.6. The Morgan fingerprint density at radius 1 is 0.725 bits per heavy atom. The summed E-state index contributed by atoms with van der Waals surface area (Å²) < 4.78 is 34.1. The van der Waals surface area contributed by atoms with E-state index in [2.05, 4.69) is 69.8 Å². The van der Waals surface area contributed by atoms with E-state index >= 15 is 4.39 Å². The van der Waals surface area contributed by atoms with Crippen molar-refractivity contribution in [1.82, 2.24) is 0 Å². The fourth-order valence-electron chi connectivity index (χ4n) is 6.00. The highest BCUT2D eigenvalue weighted by Gasteiger charge is 2.25. The molecular formula is C37H31FNO+. The lowest BCUT2D eigenvalue weighted by Gasteiger charge is -2.17. The van der Waals surface area contributed by atoms with Crippen LogP contribution >= 0.6 is 0 Å². The third-order valence-electron chi connectivity index (χ3n) is 8.15. The third kappa shape index (κ3) is 3.65. The lowest BCUT2D eigenvalue weighted by atomic mass is 9.87. The Hall–Kier alpha value is -4.50. The Morgan fingerprint density at radius 3 is 2.10 bits per heavy atom. The van der Waals surface area contributed by atoms with Gasteiger partial charge in [-0.15, -0.1) is 0 Å². The molecule has 2 aromatic heterocycles. The molecule has 7 rings (SSSR count). The smallest absolute Gasteiger partial charge is 0.216 e. The molecular weight excluding hydrogens is 493 g/mol. The van der Waals surface area contributed by atoms with Gasteiger partial charge >= 0.3 is 0 Å². The number of aryl methyl sites for hydroxylation is 2. The van der Waals surface area contributed by atoms with Gasteiger partial charge in [0.05, 0.1) is 12.5 Å². The first kappa shape index (κ1) is 23.4. The first-order chi connectivity index (χ1) is 19.6. The molecule has 0 spiro atoms. The molecule has 0 atom stereocenters. The van der Waals surface area contributed by atoms with E-state index in [1.807, 2.05) is 48.5 Å². The average molecular weight is 526 g/mol. The van der Waals surface area contributed by atoms with Gasteiger partial charge in [0, 0.05) is 22.4 Å². The van der Waals surface area contributed by atoms with Crippen molar-refractivity contribution in [2.75, 3.05) is 0 Å². The summed E-state index contributed by atoms with van der Waals surface area (Å²) >= 11 is 0. The standard InChI is InChI=1S/C37H31FNO/c1-22-14-16-28-29-17-18-31(38)34(30-20-23-10-6-7-11-25(23)26-12-8-9-13-27(26)30)36(29)40-35(28)33(22)32-19-15-24(21-39(32)5)37(2,3)4/h6-21H,1-5H3/q+1/i20D. The molecule has 2 heterocycles. The highest BCUT2D eigenvalue weighted by atomic mass is 19.1. The van der Waals surface area contributed by atoms with Crippen molar-refractivity contribution in [3.8, 4) is 22.4 Å². The first-order valence-corrected chi connectivity index (χ1v) is 13.7. The molecule has 0 aliphatic rings. The van der Waals surface area contributed by atoms with E-state index in [9.17, 15) is 1.37 Å². The first-order valence-electron chi connectivity index (χ1n) is 14.2. The van der Waals surface area contributed by atoms with Gasteiger partial charge < -0.3 is 4.42 Å². The predicted molar refractivity (Wildman–Crippen MR) is 164 cm³/mol. The van der Waals surface area contributed by atoms with Crippen LogP contribution in [0.25, 0.3) is 65.9 Å². The molecule has 0 fully saturated rings. The van der Waals surface area contributed by atoms with Crippen LogP contribution in [0.5, 0.6) is 0 Å². The molecule has 0 radical (unpaired) electrons. The van der Waals surface area contributed by atoms with E-state index in [1.165, 1.54) is 11.6 Å². The van der Waals surface area contributed by atoms with Crippen LogP contribution in [0, 0.1) is 12.7 Å². The fourth-order valence-corrected chi connectivity index (χ4v) is 6.00. The van der Waals surface area contributed by atoms with Gasteiger partial charge in [-0.3, -0.25) is 0 Å². The average Bonchev–Trinajstić information content (AvgIpc) is 3.32. The number of rotatable bonds is 2. The molecule has 5 aromatic carbocycles. The zero-order valence-corrected chi connectivity index (χ0v) is 23.4. The Bertz CT molecular complexity index is 2180. The number of benzene rings is 5. The van der Waals surface area contributed by atoms with Crippen molar-refractivity contribution < 1.29 is 14.7 Å². The quantitative estimate of drug-likeness (QED) is 0.162. The number of fused-ring (bicyclic) bond motifs is 6. The summed E-state index contributed by atoms with van der Waals surface area (Å²) in [6.07, 6.45) is 2.18. The van der Waals surface area contributed by atoms with Gasteiger partial charge in [-0.25, -0.2) is 8.96 Å². The summed E-state index contributed by atoms with van der Waals surface area (Å²) in [6, 6.07) is 27.9. The van der Waals surface area contributed by atoms with Crippen LogP contribution in [0.2, 0.25) is 0 Å². The minimum absolute atomic E-state index is 0.0275. The second-order valence-electron chi connectivity index (χ2n) is 11.8. The minimum Gasteiger partial charge on any atom is -0.454 e. The van der Waals surface area contributed by atoms with Gasteiger partial charge in [-0.1, -0.05) is 81.4 Å². The van der Waals surface area contributed by atoms with Gasteiger partial charge in [-0.2, -0.15) is 0 Å². The summed E-state index contributed by atoms with van der Waals surface area (Å²) in [7, 11) is 2.06. The van der Waals surface area contributed by atoms with Crippen molar-refractivity contribution >= 4 is 43.5 Å². The van der Waals surface area contributed by atoms with Crippen molar-refractivity contribution in [3.63, 3.8) is 0 Å². The molecule has 7 aromatic rings. The largest absolute Gasteiger partial charge is 0.454 e. The maximum atomic E-state index is 16.0. The molecule has 0 aliphatic carbocycles. The van der Waals surface area contributed by atoms with Gasteiger partial charge in [0.2, 0.25) is 5.69 Å². The zero-order valence-electron chi connectivity index (χ0n) is 24.4. The van der Waals surface area contributed by atoms with Crippen LogP contribution in [0.15, 0.2) is 102 Å². The number of pyridine rings is 1. The van der Waals surface area contributed by atoms with Crippen molar-refractivity contribution in [2.24, 2.45) is 7.05 Å². The number of hydrogen-bond donors (Lipinski definition) is 0. The van der Waals surface area contributed by atoms with Crippen LogP contribution in [0.4, 0.5) is 4.39 Å². The van der Waals surface area contributed by atoms with E-state index < -0.39 is 5.82 Å². The monoisotopic (exact) mass is 525 g/mol. The maximum Gasteiger partial charge on any atom is 0.216 e. The second kappa shape index (κ2) is 8.76. The molecule has 3 heteroatoms. The van der Waals surface area contributed by atoms with E-state index in [0.29, 0.717) is 22.8 Å². The Kier molecular flexibility index (Phi) is 5.12. The van der Waals surface area contributed by atoms with Crippen LogP contribution in [-0.2, 0) is 12.5 Å². The normalized spacial score (nSPS) is 12.6. The van der Waals surface area contributed by atoms with Gasteiger partial charge in [0.15, 0.2) is 6.20 Å². The van der Waals surface area contributed by atoms with Crippen LogP contribution in [0.1, 0.15) is 33.3 Å². The molecule has 40 heavy (non-hydrogen) atoms. The lowest BCUT2D eigenvalue weighted by molar-refractivity contribution is -0.661. The second-order valence-corrected chi connectivity index (χ2v) is 11.8. The summed E-state index contributed by atoms with van der Waals surface area (Å²) in [4.78, 5) is 0. The summed E-state index contributed by atoms with van der Waals surface area (Å²) in [6.45, 7) is 8.71. The summed E-state index contributed by atoms with van der Waals surface area (Å²) in [5, 5.41) is 5.36. The lowest BCUT2D eigenvalue weighted by Crippen LogP contribution is -2.33. The molecule has 2 nitrogen and oxygen atoms in total. The number of nitrogens with zero attached hydrogens (tertiary/aromatic N) is 1. The van der Waals surface area contributed by atoms with Gasteiger partial charge in [0.25, 0.3) is 0 Å². The van der Waals surface area contributed by atoms with Crippen molar-refractivity contribution in [3.05, 3.63) is 114 Å². The third-order valence-corrected chi connectivity index (χ3v) is 8.15.